The van der Waals surface area contributed by atoms with E-state index in [1.807, 2.05) is 51.1 Å². The highest BCUT2D eigenvalue weighted by Gasteiger charge is 2.26. The van der Waals surface area contributed by atoms with Crippen LogP contribution in [0.25, 0.3) is 0 Å². The topological polar surface area (TPSA) is 74.8 Å². The highest BCUT2D eigenvalue weighted by atomic mass is 16.6. The van der Waals surface area contributed by atoms with Crippen LogP contribution in [0.15, 0.2) is 42.6 Å². The molecule has 1 saturated heterocycles. The van der Waals surface area contributed by atoms with Crippen molar-refractivity contribution in [2.75, 3.05) is 36.4 Å². The summed E-state index contributed by atoms with van der Waals surface area (Å²) in [5, 5.41) is 2.92. The second-order valence-corrected chi connectivity index (χ2v) is 10.1. The molecule has 172 valence electrons. The van der Waals surface area contributed by atoms with Crippen molar-refractivity contribution in [2.24, 2.45) is 0 Å². The molecule has 1 aromatic carbocycles. The third-order valence-electron chi connectivity index (χ3n) is 5.27. The molecule has 2 amide bonds. The molecule has 1 aromatic heterocycles. The molecule has 0 bridgehead atoms. The zero-order chi connectivity index (χ0) is 23.5. The fourth-order valence-corrected chi connectivity index (χ4v) is 3.41. The van der Waals surface area contributed by atoms with Gasteiger partial charge < -0.3 is 19.9 Å². The summed E-state index contributed by atoms with van der Waals surface area (Å²) in [5.74, 6) is 0.599. The van der Waals surface area contributed by atoms with Gasteiger partial charge in [0.1, 0.15) is 11.4 Å². The lowest BCUT2D eigenvalue weighted by molar-refractivity contribution is 0.0240. The Kier molecular flexibility index (Phi) is 6.77. The molecular weight excluding hydrogens is 404 g/mol. The van der Waals surface area contributed by atoms with Crippen LogP contribution in [0.1, 0.15) is 57.5 Å². The number of ether oxygens (including phenoxy) is 1. The van der Waals surface area contributed by atoms with Crippen LogP contribution in [0.3, 0.4) is 0 Å². The standard InChI is InChI=1S/C25H34N4O3/c1-24(2,3)19-8-10-20(11-9-19)27-22(30)18-7-12-21(26-17-18)28-13-15-29(16-14-28)23(31)32-25(4,5)6/h7-12,17H,13-16H2,1-6H3,(H,27,30). The number of amides is 2. The number of piperazine rings is 1. The quantitative estimate of drug-likeness (QED) is 0.753. The van der Waals surface area contributed by atoms with E-state index in [0.717, 1.165) is 11.5 Å². The monoisotopic (exact) mass is 438 g/mol. The van der Waals surface area contributed by atoms with Gasteiger partial charge >= 0.3 is 6.09 Å². The van der Waals surface area contributed by atoms with E-state index in [-0.39, 0.29) is 17.4 Å². The number of carbonyl (C=O) groups is 2. The zero-order valence-electron chi connectivity index (χ0n) is 19.9. The number of hydrogen-bond acceptors (Lipinski definition) is 5. The Bertz CT molecular complexity index is 933. The maximum atomic E-state index is 12.6. The van der Waals surface area contributed by atoms with E-state index < -0.39 is 5.60 Å². The summed E-state index contributed by atoms with van der Waals surface area (Å²) in [6.07, 6.45) is 1.31. The lowest BCUT2D eigenvalue weighted by atomic mass is 9.87. The molecule has 3 rings (SSSR count). The number of carbonyl (C=O) groups excluding carboxylic acids is 2. The summed E-state index contributed by atoms with van der Waals surface area (Å²) in [4.78, 5) is 33.1. The lowest BCUT2D eigenvalue weighted by Gasteiger charge is -2.36. The van der Waals surface area contributed by atoms with Gasteiger partial charge in [0.2, 0.25) is 0 Å². The average Bonchev–Trinajstić information content (AvgIpc) is 2.72. The summed E-state index contributed by atoms with van der Waals surface area (Å²) in [6.45, 7) is 14.5. The Hall–Kier alpha value is -3.09. The van der Waals surface area contributed by atoms with Crippen molar-refractivity contribution in [3.05, 3.63) is 53.7 Å². The van der Waals surface area contributed by atoms with E-state index in [0.29, 0.717) is 31.7 Å². The zero-order valence-corrected chi connectivity index (χ0v) is 19.9. The van der Waals surface area contributed by atoms with Crippen LogP contribution in [0.4, 0.5) is 16.3 Å². The molecule has 2 aromatic rings. The van der Waals surface area contributed by atoms with Crippen molar-refractivity contribution in [3.8, 4) is 0 Å². The first-order chi connectivity index (χ1) is 14.9. The minimum absolute atomic E-state index is 0.0701. The van der Waals surface area contributed by atoms with Gasteiger partial charge in [-0.15, -0.1) is 0 Å². The summed E-state index contributed by atoms with van der Waals surface area (Å²) < 4.78 is 5.44. The number of aromatic nitrogens is 1. The van der Waals surface area contributed by atoms with Crippen LogP contribution in [0.5, 0.6) is 0 Å². The molecule has 32 heavy (non-hydrogen) atoms. The van der Waals surface area contributed by atoms with Gasteiger partial charge in [0.15, 0.2) is 0 Å². The van der Waals surface area contributed by atoms with Crippen molar-refractivity contribution in [1.82, 2.24) is 9.88 Å². The maximum Gasteiger partial charge on any atom is 0.410 e. The fraction of sp³-hybridized carbons (Fsp3) is 0.480. The number of nitrogens with one attached hydrogen (secondary N) is 1. The Morgan fingerprint density at radius 2 is 1.53 bits per heavy atom. The van der Waals surface area contributed by atoms with E-state index in [1.54, 1.807) is 17.2 Å². The Balaban J connectivity index is 1.55. The van der Waals surface area contributed by atoms with E-state index in [2.05, 4.69) is 36.0 Å². The van der Waals surface area contributed by atoms with Gasteiger partial charge in [0, 0.05) is 38.1 Å². The van der Waals surface area contributed by atoms with E-state index in [4.69, 9.17) is 4.74 Å². The highest BCUT2D eigenvalue weighted by molar-refractivity contribution is 6.04. The van der Waals surface area contributed by atoms with Gasteiger partial charge in [-0.2, -0.15) is 0 Å². The van der Waals surface area contributed by atoms with E-state index in [9.17, 15) is 9.59 Å². The Morgan fingerprint density at radius 3 is 2.03 bits per heavy atom. The largest absolute Gasteiger partial charge is 0.444 e. The number of hydrogen-bond donors (Lipinski definition) is 1. The summed E-state index contributed by atoms with van der Waals surface area (Å²) in [7, 11) is 0. The highest BCUT2D eigenvalue weighted by Crippen LogP contribution is 2.24. The third-order valence-corrected chi connectivity index (χ3v) is 5.27. The van der Waals surface area contributed by atoms with Crippen molar-refractivity contribution in [3.63, 3.8) is 0 Å². The molecule has 2 heterocycles. The molecule has 1 aliphatic heterocycles. The second-order valence-electron chi connectivity index (χ2n) is 10.1. The maximum absolute atomic E-state index is 12.6. The Labute approximate surface area is 190 Å². The van der Waals surface area contributed by atoms with Crippen molar-refractivity contribution < 1.29 is 14.3 Å². The molecule has 1 fully saturated rings. The molecule has 7 heteroatoms. The van der Waals surface area contributed by atoms with Crippen LogP contribution >= 0.6 is 0 Å². The number of pyridine rings is 1. The van der Waals surface area contributed by atoms with Crippen LogP contribution < -0.4 is 10.2 Å². The van der Waals surface area contributed by atoms with Crippen LogP contribution in [0, 0.1) is 0 Å². The van der Waals surface area contributed by atoms with Gasteiger partial charge in [-0.3, -0.25) is 4.79 Å². The molecule has 0 spiro atoms. The van der Waals surface area contributed by atoms with Crippen LogP contribution in [-0.4, -0.2) is 53.7 Å². The number of benzene rings is 1. The molecule has 0 atom stereocenters. The van der Waals surface area contributed by atoms with Crippen LogP contribution in [0.2, 0.25) is 0 Å². The molecular formula is C25H34N4O3. The Morgan fingerprint density at radius 1 is 0.906 bits per heavy atom. The van der Waals surface area contributed by atoms with Gasteiger partial charge in [0.25, 0.3) is 5.91 Å². The average molecular weight is 439 g/mol. The molecule has 0 unspecified atom stereocenters. The smallest absolute Gasteiger partial charge is 0.410 e. The predicted molar refractivity (Wildman–Crippen MR) is 127 cm³/mol. The first kappa shape index (κ1) is 23.6. The molecule has 7 nitrogen and oxygen atoms in total. The van der Waals surface area contributed by atoms with Crippen molar-refractivity contribution in [1.29, 1.82) is 0 Å². The molecule has 0 aliphatic carbocycles. The van der Waals surface area contributed by atoms with Crippen LogP contribution in [-0.2, 0) is 10.2 Å². The lowest BCUT2D eigenvalue weighted by Crippen LogP contribution is -2.50. The molecule has 1 aliphatic rings. The normalized spacial score (nSPS) is 14.8. The number of nitrogens with zero attached hydrogens (tertiary/aromatic N) is 3. The summed E-state index contributed by atoms with van der Waals surface area (Å²) >= 11 is 0. The van der Waals surface area contributed by atoms with E-state index in [1.165, 1.54) is 5.56 Å². The van der Waals surface area contributed by atoms with Gasteiger partial charge in [-0.05, 0) is 56.0 Å². The first-order valence-electron chi connectivity index (χ1n) is 11.0. The van der Waals surface area contributed by atoms with Crippen molar-refractivity contribution in [2.45, 2.75) is 52.6 Å². The predicted octanol–water partition coefficient (Wildman–Crippen LogP) is 4.69. The fourth-order valence-electron chi connectivity index (χ4n) is 3.41. The molecule has 0 saturated carbocycles. The third kappa shape index (κ3) is 6.22. The molecule has 1 N–H and O–H groups in total. The molecule has 0 radical (unpaired) electrons. The number of anilines is 2. The SMILES string of the molecule is CC(C)(C)OC(=O)N1CCN(c2ccc(C(=O)Nc3ccc(C(C)(C)C)cc3)cn2)CC1. The van der Waals surface area contributed by atoms with Gasteiger partial charge in [-0.25, -0.2) is 9.78 Å². The second kappa shape index (κ2) is 9.18. The van der Waals surface area contributed by atoms with E-state index >= 15 is 0 Å². The van der Waals surface area contributed by atoms with Gasteiger partial charge in [-0.1, -0.05) is 32.9 Å². The summed E-state index contributed by atoms with van der Waals surface area (Å²) in [6, 6.07) is 11.5. The minimum atomic E-state index is -0.499. The van der Waals surface area contributed by atoms with Gasteiger partial charge in [0.05, 0.1) is 5.56 Å². The number of rotatable bonds is 3. The first-order valence-corrected chi connectivity index (χ1v) is 11.0. The summed E-state index contributed by atoms with van der Waals surface area (Å²) in [5.41, 5.74) is 2.04. The minimum Gasteiger partial charge on any atom is -0.444 e. The van der Waals surface area contributed by atoms with Crippen molar-refractivity contribution >= 4 is 23.5 Å².